The van der Waals surface area contributed by atoms with E-state index in [0.29, 0.717) is 10.2 Å². The molecule has 0 aliphatic heterocycles. The van der Waals surface area contributed by atoms with Crippen molar-refractivity contribution in [3.63, 3.8) is 0 Å². The van der Waals surface area contributed by atoms with E-state index >= 15 is 0 Å². The highest BCUT2D eigenvalue weighted by Crippen LogP contribution is 2.29. The van der Waals surface area contributed by atoms with Crippen LogP contribution in [0.3, 0.4) is 0 Å². The number of halogens is 1. The van der Waals surface area contributed by atoms with Gasteiger partial charge in [0.25, 0.3) is 11.6 Å². The van der Waals surface area contributed by atoms with Crippen molar-refractivity contribution < 1.29 is 22.3 Å². The standard InChI is InChI=1S/C22H14BrN3O6S/c23-17-9-10-21(32-33(30,31)20-8-4-7-19(13-20)26(28)29)15(12-17)11-16(14-24)22(27)25-18-5-2-1-3-6-18/h1-13H,(H,25,27)/b16-11+. The predicted octanol–water partition coefficient (Wildman–Crippen LogP) is 4.67. The second-order valence-electron chi connectivity index (χ2n) is 6.46. The molecule has 0 spiro atoms. The zero-order valence-corrected chi connectivity index (χ0v) is 19.0. The predicted molar refractivity (Wildman–Crippen MR) is 124 cm³/mol. The first-order chi connectivity index (χ1) is 15.7. The van der Waals surface area contributed by atoms with E-state index in [1.807, 2.05) is 0 Å². The van der Waals surface area contributed by atoms with Gasteiger partial charge in [0, 0.05) is 27.9 Å². The van der Waals surface area contributed by atoms with Crippen LogP contribution in [-0.4, -0.2) is 19.2 Å². The largest absolute Gasteiger partial charge is 0.378 e. The van der Waals surface area contributed by atoms with Crippen molar-refractivity contribution in [1.82, 2.24) is 0 Å². The van der Waals surface area contributed by atoms with E-state index in [4.69, 9.17) is 4.18 Å². The third-order valence-electron chi connectivity index (χ3n) is 4.19. The van der Waals surface area contributed by atoms with Crippen LogP contribution in [0.4, 0.5) is 11.4 Å². The molecule has 166 valence electrons. The smallest absolute Gasteiger partial charge is 0.339 e. The van der Waals surface area contributed by atoms with Gasteiger partial charge in [-0.1, -0.05) is 40.2 Å². The molecule has 0 fully saturated rings. The third kappa shape index (κ3) is 6.03. The van der Waals surface area contributed by atoms with Gasteiger partial charge < -0.3 is 9.50 Å². The van der Waals surface area contributed by atoms with Crippen LogP contribution in [0.15, 0.2) is 87.7 Å². The number of nitrogens with one attached hydrogen (secondary N) is 1. The summed E-state index contributed by atoms with van der Waals surface area (Å²) in [6.07, 6.45) is 1.18. The fourth-order valence-electron chi connectivity index (χ4n) is 2.65. The molecule has 0 aromatic heterocycles. The van der Waals surface area contributed by atoms with Crippen molar-refractivity contribution in [3.05, 3.63) is 98.5 Å². The second-order valence-corrected chi connectivity index (χ2v) is 8.93. The molecule has 1 N–H and O–H groups in total. The van der Waals surface area contributed by atoms with Crippen LogP contribution < -0.4 is 9.50 Å². The summed E-state index contributed by atoms with van der Waals surface area (Å²) in [6.45, 7) is 0. The third-order valence-corrected chi connectivity index (χ3v) is 5.91. The zero-order valence-electron chi connectivity index (χ0n) is 16.6. The van der Waals surface area contributed by atoms with Gasteiger partial charge in [0.2, 0.25) is 0 Å². The Morgan fingerprint density at radius 1 is 1.09 bits per heavy atom. The minimum atomic E-state index is -4.45. The first kappa shape index (κ1) is 23.6. The molecule has 1 amide bonds. The Morgan fingerprint density at radius 3 is 2.48 bits per heavy atom. The molecular formula is C22H14BrN3O6S. The van der Waals surface area contributed by atoms with E-state index in [-0.39, 0.29) is 16.9 Å². The average molecular weight is 528 g/mol. The molecule has 0 heterocycles. The van der Waals surface area contributed by atoms with Crippen LogP contribution >= 0.6 is 15.9 Å². The number of carbonyl (C=O) groups is 1. The molecule has 0 unspecified atom stereocenters. The number of rotatable bonds is 7. The Hall–Kier alpha value is -4.01. The number of carbonyl (C=O) groups excluding carboxylic acids is 1. The number of hydrogen-bond donors (Lipinski definition) is 1. The van der Waals surface area contributed by atoms with Gasteiger partial charge in [-0.15, -0.1) is 0 Å². The van der Waals surface area contributed by atoms with Gasteiger partial charge in [-0.3, -0.25) is 14.9 Å². The Balaban J connectivity index is 1.96. The molecule has 3 rings (SSSR count). The number of amides is 1. The summed E-state index contributed by atoms with van der Waals surface area (Å²) in [6, 6.07) is 19.0. The highest BCUT2D eigenvalue weighted by Gasteiger charge is 2.22. The number of nitriles is 1. The van der Waals surface area contributed by atoms with Gasteiger partial charge in [0.05, 0.1) is 4.92 Å². The van der Waals surface area contributed by atoms with Gasteiger partial charge in [0.15, 0.2) is 0 Å². The fourth-order valence-corrected chi connectivity index (χ4v) is 4.02. The van der Waals surface area contributed by atoms with Crippen LogP contribution in [0.25, 0.3) is 6.08 Å². The monoisotopic (exact) mass is 527 g/mol. The van der Waals surface area contributed by atoms with Crippen LogP contribution in [0.1, 0.15) is 5.56 Å². The molecule has 9 nitrogen and oxygen atoms in total. The van der Waals surface area contributed by atoms with Gasteiger partial charge in [-0.2, -0.15) is 13.7 Å². The Bertz CT molecular complexity index is 1400. The lowest BCUT2D eigenvalue weighted by atomic mass is 10.1. The summed E-state index contributed by atoms with van der Waals surface area (Å²) < 4.78 is 31.2. The zero-order chi connectivity index (χ0) is 24.0. The lowest BCUT2D eigenvalue weighted by molar-refractivity contribution is -0.385. The Labute approximate surface area is 197 Å². The van der Waals surface area contributed by atoms with Gasteiger partial charge >= 0.3 is 10.1 Å². The van der Waals surface area contributed by atoms with Crippen molar-refractivity contribution in [2.75, 3.05) is 5.32 Å². The maximum atomic E-state index is 12.7. The first-order valence-electron chi connectivity index (χ1n) is 9.16. The molecule has 0 saturated carbocycles. The van der Waals surface area contributed by atoms with E-state index in [1.54, 1.807) is 36.4 Å². The maximum absolute atomic E-state index is 12.7. The van der Waals surface area contributed by atoms with Crippen molar-refractivity contribution >= 4 is 49.4 Å². The van der Waals surface area contributed by atoms with Gasteiger partial charge in [-0.05, 0) is 42.5 Å². The normalized spacial score (nSPS) is 11.3. The van der Waals surface area contributed by atoms with E-state index in [1.165, 1.54) is 30.3 Å². The number of nitro groups is 1. The molecule has 0 aliphatic rings. The highest BCUT2D eigenvalue weighted by atomic mass is 79.9. The number of anilines is 1. The lowest BCUT2D eigenvalue weighted by Crippen LogP contribution is -2.14. The number of benzene rings is 3. The molecule has 11 heteroatoms. The second kappa shape index (κ2) is 10.1. The minimum Gasteiger partial charge on any atom is -0.378 e. The Kier molecular flexibility index (Phi) is 7.22. The molecule has 0 saturated heterocycles. The van der Waals surface area contributed by atoms with E-state index in [2.05, 4.69) is 21.2 Å². The highest BCUT2D eigenvalue weighted by molar-refractivity contribution is 9.10. The molecule has 3 aromatic carbocycles. The van der Waals surface area contributed by atoms with E-state index in [9.17, 15) is 28.6 Å². The average Bonchev–Trinajstić information content (AvgIpc) is 2.79. The lowest BCUT2D eigenvalue weighted by Gasteiger charge is -2.11. The van der Waals surface area contributed by atoms with Crippen molar-refractivity contribution in [2.45, 2.75) is 4.90 Å². The molecule has 0 aliphatic carbocycles. The summed E-state index contributed by atoms with van der Waals surface area (Å²) in [5.41, 5.74) is -0.116. The SMILES string of the molecule is N#C/C(=C\c1cc(Br)ccc1OS(=O)(=O)c1cccc([N+](=O)[O-])c1)C(=O)Nc1ccccc1. The summed E-state index contributed by atoms with van der Waals surface area (Å²) in [5.74, 6) is -0.874. The molecule has 0 radical (unpaired) electrons. The number of nitrogens with zero attached hydrogens (tertiary/aromatic N) is 2. The molecule has 0 atom stereocenters. The molecule has 0 bridgehead atoms. The summed E-state index contributed by atoms with van der Waals surface area (Å²) in [4.78, 5) is 22.3. The van der Waals surface area contributed by atoms with Crippen molar-refractivity contribution in [2.24, 2.45) is 0 Å². The van der Waals surface area contributed by atoms with Crippen molar-refractivity contribution in [3.8, 4) is 11.8 Å². The number of nitro benzene ring substituents is 1. The summed E-state index contributed by atoms with van der Waals surface area (Å²) >= 11 is 3.26. The fraction of sp³-hybridized carbons (Fsp3) is 0. The maximum Gasteiger partial charge on any atom is 0.339 e. The number of hydrogen-bond acceptors (Lipinski definition) is 7. The molecular weight excluding hydrogens is 514 g/mol. The van der Waals surface area contributed by atoms with Crippen molar-refractivity contribution in [1.29, 1.82) is 5.26 Å². The summed E-state index contributed by atoms with van der Waals surface area (Å²) in [5, 5.41) is 23.0. The number of non-ortho nitro benzene ring substituents is 1. The van der Waals surface area contributed by atoms with Crippen LogP contribution in [0.5, 0.6) is 5.75 Å². The number of para-hydroxylation sites is 1. The first-order valence-corrected chi connectivity index (χ1v) is 11.4. The quantitative estimate of drug-likeness (QED) is 0.155. The van der Waals surface area contributed by atoms with Gasteiger partial charge in [-0.25, -0.2) is 0 Å². The molecule has 3 aromatic rings. The molecule has 33 heavy (non-hydrogen) atoms. The van der Waals surface area contributed by atoms with Gasteiger partial charge in [0.1, 0.15) is 22.3 Å². The minimum absolute atomic E-state index is 0.123. The topological polar surface area (TPSA) is 139 Å². The van der Waals surface area contributed by atoms with E-state index in [0.717, 1.165) is 18.2 Å². The Morgan fingerprint density at radius 2 is 1.82 bits per heavy atom. The van der Waals surface area contributed by atoms with Crippen LogP contribution in [0, 0.1) is 21.4 Å². The van der Waals surface area contributed by atoms with Crippen LogP contribution in [0.2, 0.25) is 0 Å². The van der Waals surface area contributed by atoms with E-state index < -0.39 is 31.5 Å². The summed E-state index contributed by atoms with van der Waals surface area (Å²) in [7, 11) is -4.45. The van der Waals surface area contributed by atoms with Crippen LogP contribution in [-0.2, 0) is 14.9 Å².